The number of carbonyl (C=O) groups is 2. The molecule has 0 aliphatic carbocycles. The fraction of sp³-hybridized carbons (Fsp3) is 0.167. The minimum atomic E-state index is -0.145. The third-order valence-corrected chi connectivity index (χ3v) is 3.66. The van der Waals surface area contributed by atoms with E-state index in [1.165, 1.54) is 0 Å². The normalized spacial score (nSPS) is 10.5. The first kappa shape index (κ1) is 15.7. The van der Waals surface area contributed by atoms with Crippen LogP contribution in [0.2, 0.25) is 0 Å². The third kappa shape index (κ3) is 3.60. The number of pyridine rings is 1. The molecule has 0 saturated carbocycles. The van der Waals surface area contributed by atoms with Crippen LogP contribution in [0.4, 0.5) is 0 Å². The minimum Gasteiger partial charge on any atom is -0.359 e. The number of nitrogens with one attached hydrogen (secondary N) is 2. The van der Waals surface area contributed by atoms with Crippen molar-refractivity contribution in [2.45, 2.75) is 6.42 Å². The van der Waals surface area contributed by atoms with E-state index < -0.39 is 0 Å². The zero-order valence-corrected chi connectivity index (χ0v) is 13.1. The van der Waals surface area contributed by atoms with E-state index in [4.69, 9.17) is 0 Å². The molecule has 0 saturated heterocycles. The Kier molecular flexibility index (Phi) is 4.86. The second-order valence-electron chi connectivity index (χ2n) is 5.35. The quantitative estimate of drug-likeness (QED) is 0.515. The van der Waals surface area contributed by atoms with E-state index in [9.17, 15) is 9.59 Å². The molecule has 24 heavy (non-hydrogen) atoms. The molecule has 3 rings (SSSR count). The van der Waals surface area contributed by atoms with Gasteiger partial charge in [-0.3, -0.25) is 9.59 Å². The lowest BCUT2D eigenvalue weighted by Gasteiger charge is -2.05. The fourth-order valence-corrected chi connectivity index (χ4v) is 2.42. The van der Waals surface area contributed by atoms with E-state index >= 15 is 0 Å². The van der Waals surface area contributed by atoms with Crippen molar-refractivity contribution in [1.29, 1.82) is 0 Å². The summed E-state index contributed by atoms with van der Waals surface area (Å²) in [5, 5.41) is 5.39. The summed E-state index contributed by atoms with van der Waals surface area (Å²) >= 11 is 0. The van der Waals surface area contributed by atoms with Crippen molar-refractivity contribution in [2.24, 2.45) is 0 Å². The van der Waals surface area contributed by atoms with Crippen LogP contribution >= 0.6 is 0 Å². The number of hydrogen-bond donors (Lipinski definition) is 2. The number of benzene rings is 1. The van der Waals surface area contributed by atoms with Crippen LogP contribution in [0.3, 0.4) is 0 Å². The van der Waals surface area contributed by atoms with Crippen molar-refractivity contribution in [3.63, 3.8) is 0 Å². The molecule has 122 valence electrons. The molecule has 0 radical (unpaired) electrons. The molecule has 0 fully saturated rings. The first-order valence-electron chi connectivity index (χ1n) is 7.77. The average Bonchev–Trinajstić information content (AvgIpc) is 3.05. The summed E-state index contributed by atoms with van der Waals surface area (Å²) in [7, 11) is 0. The molecule has 1 aromatic carbocycles. The van der Waals surface area contributed by atoms with Crippen LogP contribution in [-0.2, 0) is 4.79 Å². The molecule has 2 aromatic heterocycles. The predicted octanol–water partition coefficient (Wildman–Crippen LogP) is 1.87. The van der Waals surface area contributed by atoms with E-state index in [1.54, 1.807) is 12.1 Å². The van der Waals surface area contributed by atoms with Crippen molar-refractivity contribution >= 4 is 18.0 Å². The van der Waals surface area contributed by atoms with Crippen molar-refractivity contribution in [1.82, 2.24) is 20.0 Å². The SMILES string of the molecule is O=CNCCCNC(=O)c1ccn2cc(-c3ccccc3)nc2c1. The molecule has 0 atom stereocenters. The molecule has 0 unspecified atom stereocenters. The van der Waals surface area contributed by atoms with Gasteiger partial charge in [0.15, 0.2) is 0 Å². The van der Waals surface area contributed by atoms with E-state index in [0.29, 0.717) is 31.5 Å². The van der Waals surface area contributed by atoms with Gasteiger partial charge in [-0.25, -0.2) is 4.98 Å². The Morgan fingerprint density at radius 2 is 2.00 bits per heavy atom. The molecular formula is C18H18N4O2. The summed E-state index contributed by atoms with van der Waals surface area (Å²) in [5.41, 5.74) is 3.20. The molecule has 2 N–H and O–H groups in total. The monoisotopic (exact) mass is 322 g/mol. The predicted molar refractivity (Wildman–Crippen MR) is 91.6 cm³/mol. The van der Waals surface area contributed by atoms with Gasteiger partial charge in [0.1, 0.15) is 5.65 Å². The van der Waals surface area contributed by atoms with Gasteiger partial charge in [-0.1, -0.05) is 30.3 Å². The number of imidazole rings is 1. The zero-order chi connectivity index (χ0) is 16.8. The molecule has 2 heterocycles. The van der Waals surface area contributed by atoms with Crippen LogP contribution in [0.1, 0.15) is 16.8 Å². The second-order valence-corrected chi connectivity index (χ2v) is 5.35. The fourth-order valence-electron chi connectivity index (χ4n) is 2.42. The number of rotatable bonds is 7. The number of carbonyl (C=O) groups excluding carboxylic acids is 2. The van der Waals surface area contributed by atoms with Gasteiger partial charge in [0, 0.05) is 36.6 Å². The van der Waals surface area contributed by atoms with Crippen LogP contribution in [-0.4, -0.2) is 34.8 Å². The molecule has 0 aliphatic heterocycles. The van der Waals surface area contributed by atoms with Crippen LogP contribution in [0.25, 0.3) is 16.9 Å². The van der Waals surface area contributed by atoms with Crippen molar-refractivity contribution in [3.8, 4) is 11.3 Å². The van der Waals surface area contributed by atoms with Crippen molar-refractivity contribution in [2.75, 3.05) is 13.1 Å². The Labute approximate surface area is 139 Å². The molecule has 3 aromatic rings. The highest BCUT2D eigenvalue weighted by molar-refractivity contribution is 5.95. The molecule has 0 bridgehead atoms. The standard InChI is InChI=1S/C18H18N4O2/c23-13-19-8-4-9-20-18(24)15-7-10-22-12-16(21-17(22)11-15)14-5-2-1-3-6-14/h1-3,5-7,10-13H,4,8-9H2,(H,19,23)(H,20,24). The molecule has 2 amide bonds. The van der Waals surface area contributed by atoms with E-state index in [1.807, 2.05) is 47.1 Å². The summed E-state index contributed by atoms with van der Waals surface area (Å²) in [5.74, 6) is -0.145. The topological polar surface area (TPSA) is 75.5 Å². The number of amides is 2. The minimum absolute atomic E-state index is 0.145. The number of aromatic nitrogens is 2. The van der Waals surface area contributed by atoms with E-state index in [0.717, 1.165) is 16.9 Å². The summed E-state index contributed by atoms with van der Waals surface area (Å²) < 4.78 is 1.90. The highest BCUT2D eigenvalue weighted by atomic mass is 16.1. The van der Waals surface area contributed by atoms with Gasteiger partial charge in [-0.05, 0) is 18.6 Å². The van der Waals surface area contributed by atoms with Crippen molar-refractivity contribution < 1.29 is 9.59 Å². The maximum atomic E-state index is 12.2. The Morgan fingerprint density at radius 3 is 2.79 bits per heavy atom. The lowest BCUT2D eigenvalue weighted by molar-refractivity contribution is -0.109. The third-order valence-electron chi connectivity index (χ3n) is 3.66. The highest BCUT2D eigenvalue weighted by Crippen LogP contribution is 2.19. The van der Waals surface area contributed by atoms with Gasteiger partial charge in [-0.15, -0.1) is 0 Å². The average molecular weight is 322 g/mol. The van der Waals surface area contributed by atoms with E-state index in [2.05, 4.69) is 15.6 Å². The van der Waals surface area contributed by atoms with Crippen LogP contribution < -0.4 is 10.6 Å². The summed E-state index contributed by atoms with van der Waals surface area (Å²) in [6.45, 7) is 1.05. The van der Waals surface area contributed by atoms with Crippen LogP contribution in [0, 0.1) is 0 Å². The Bertz CT molecular complexity index is 843. The van der Waals surface area contributed by atoms with Gasteiger partial charge in [0.2, 0.25) is 6.41 Å². The lowest BCUT2D eigenvalue weighted by Crippen LogP contribution is -2.27. The van der Waals surface area contributed by atoms with Gasteiger partial charge in [0.05, 0.1) is 5.69 Å². The maximum Gasteiger partial charge on any atom is 0.251 e. The molecule has 0 aliphatic rings. The molecule has 6 nitrogen and oxygen atoms in total. The van der Waals surface area contributed by atoms with Gasteiger partial charge >= 0.3 is 0 Å². The van der Waals surface area contributed by atoms with E-state index in [-0.39, 0.29) is 5.91 Å². The summed E-state index contributed by atoms with van der Waals surface area (Å²) in [6, 6.07) is 13.4. The van der Waals surface area contributed by atoms with Crippen molar-refractivity contribution in [3.05, 3.63) is 60.4 Å². The van der Waals surface area contributed by atoms with Crippen LogP contribution in [0.15, 0.2) is 54.9 Å². The maximum absolute atomic E-state index is 12.2. The number of nitrogens with zero attached hydrogens (tertiary/aromatic N) is 2. The first-order chi connectivity index (χ1) is 11.8. The highest BCUT2D eigenvalue weighted by Gasteiger charge is 2.09. The zero-order valence-electron chi connectivity index (χ0n) is 13.1. The summed E-state index contributed by atoms with van der Waals surface area (Å²) in [4.78, 5) is 26.9. The lowest BCUT2D eigenvalue weighted by atomic mass is 10.2. The second kappa shape index (κ2) is 7.41. The van der Waals surface area contributed by atoms with Crippen LogP contribution in [0.5, 0.6) is 0 Å². The number of hydrogen-bond acceptors (Lipinski definition) is 3. The Hall–Kier alpha value is -3.15. The molecule has 0 spiro atoms. The smallest absolute Gasteiger partial charge is 0.251 e. The molecule has 6 heteroatoms. The Balaban J connectivity index is 1.71. The summed E-state index contributed by atoms with van der Waals surface area (Å²) in [6.07, 6.45) is 5.11. The number of fused-ring (bicyclic) bond motifs is 1. The first-order valence-corrected chi connectivity index (χ1v) is 7.77. The van der Waals surface area contributed by atoms with Gasteiger partial charge < -0.3 is 15.0 Å². The Morgan fingerprint density at radius 1 is 1.17 bits per heavy atom. The molecular weight excluding hydrogens is 304 g/mol. The van der Waals surface area contributed by atoms with Gasteiger partial charge in [0.25, 0.3) is 5.91 Å². The largest absolute Gasteiger partial charge is 0.359 e. The van der Waals surface area contributed by atoms with Gasteiger partial charge in [-0.2, -0.15) is 0 Å².